The highest BCUT2D eigenvalue weighted by molar-refractivity contribution is 7.49. The Morgan fingerprint density at radius 2 is 1.35 bits per heavy atom. The van der Waals surface area contributed by atoms with Crippen LogP contribution in [0.3, 0.4) is 0 Å². The van der Waals surface area contributed by atoms with E-state index in [-0.39, 0.29) is 60.0 Å². The van der Waals surface area contributed by atoms with Crippen LogP contribution in [0.1, 0.15) is 117 Å². The van der Waals surface area contributed by atoms with Gasteiger partial charge in [-0.3, -0.25) is 23.5 Å². The van der Waals surface area contributed by atoms with Gasteiger partial charge >= 0.3 is 7.82 Å². The molecule has 3 N–H and O–H groups in total. The van der Waals surface area contributed by atoms with E-state index in [0.717, 1.165) is 48.2 Å². The summed E-state index contributed by atoms with van der Waals surface area (Å²) in [6, 6.07) is 28.5. The van der Waals surface area contributed by atoms with Gasteiger partial charge in [-0.25, -0.2) is 4.57 Å². The maximum atomic E-state index is 16.8. The molecule has 3 heterocycles. The van der Waals surface area contributed by atoms with Crippen LogP contribution in [-0.4, -0.2) is 83.4 Å². The highest BCUT2D eigenvalue weighted by atomic mass is 31.2. The predicted octanol–water partition coefficient (Wildman–Crippen LogP) is 8.37. The molecule has 2 spiro atoms. The van der Waals surface area contributed by atoms with E-state index >= 15 is 4.57 Å². The van der Waals surface area contributed by atoms with Crippen LogP contribution >= 0.6 is 7.82 Å². The van der Waals surface area contributed by atoms with Gasteiger partial charge in [0.2, 0.25) is 0 Å². The fourth-order valence-electron chi connectivity index (χ4n) is 16.3. The first-order valence-electron chi connectivity index (χ1n) is 25.7. The number of benzene rings is 4. The summed E-state index contributed by atoms with van der Waals surface area (Å²) in [4.78, 5) is 30.9. The highest BCUT2D eigenvalue weighted by Gasteiger charge is 2.77. The van der Waals surface area contributed by atoms with Crippen molar-refractivity contribution in [1.29, 1.82) is 0 Å². The van der Waals surface area contributed by atoms with E-state index in [2.05, 4.69) is 53.4 Å². The fraction of sp³-hybridized carbons (Fsp3) is 0.536. The minimum absolute atomic E-state index is 0.0339. The molecule has 13 heteroatoms. The average Bonchev–Trinajstić information content (AvgIpc) is 4.00. The number of nitrogens with two attached hydrogens (primary N) is 1. The third kappa shape index (κ3) is 5.73. The number of methoxy groups -OCH3 is 1. The molecule has 0 amide bonds. The number of hydrogen-bond acceptors (Lipinski definition) is 12. The van der Waals surface area contributed by atoms with Crippen LogP contribution in [0.2, 0.25) is 0 Å². The molecular formula is C56H61N2O10P. The van der Waals surface area contributed by atoms with Gasteiger partial charge in [0.05, 0.1) is 29.6 Å². The molecule has 1 saturated heterocycles. The zero-order valence-corrected chi connectivity index (χ0v) is 40.1. The summed E-state index contributed by atoms with van der Waals surface area (Å²) in [7, 11) is -3.15. The number of hydrogen-bond donors (Lipinski definition) is 2. The number of phosphoric ester groups is 1. The van der Waals surface area contributed by atoms with Gasteiger partial charge in [-0.1, -0.05) is 72.8 Å². The number of ether oxygens (including phenoxy) is 3. The minimum Gasteiger partial charge on any atom is -0.493 e. The van der Waals surface area contributed by atoms with Crippen molar-refractivity contribution in [2.45, 2.75) is 154 Å². The van der Waals surface area contributed by atoms with Gasteiger partial charge < -0.3 is 29.6 Å². The summed E-state index contributed by atoms with van der Waals surface area (Å²) in [6.07, 6.45) is 6.47. The molecule has 14 rings (SSSR count). The number of ketones is 2. The lowest BCUT2D eigenvalue weighted by atomic mass is 9.45. The van der Waals surface area contributed by atoms with Crippen molar-refractivity contribution in [3.8, 4) is 23.0 Å². The summed E-state index contributed by atoms with van der Waals surface area (Å²) < 4.78 is 57.9. The number of aliphatic hydroxyl groups is 1. The predicted molar refractivity (Wildman–Crippen MR) is 255 cm³/mol. The molecule has 4 aromatic carbocycles. The topological polar surface area (TPSA) is 156 Å². The van der Waals surface area contributed by atoms with Crippen LogP contribution in [0.15, 0.2) is 84.9 Å². The second-order valence-electron chi connectivity index (χ2n) is 22.4. The number of phosphoric acid groups is 1. The summed E-state index contributed by atoms with van der Waals surface area (Å²) in [5.74, 6) is 1.82. The normalized spacial score (nSPS) is 36.4. The first kappa shape index (κ1) is 43.3. The molecule has 10 unspecified atom stereocenters. The SMILES string of the molecule is COc1ccc2c3c1OC1C(=O)CCC4(OP(=O)(Oc5ccc6c7c5OC5C(=O)CCC8(O)C(C6)N(CC6CC6)CCC758)OC5CCC(c6ccccc6)(c6ccccc6)CC5)C(C2)C(N)CCC314. The molecule has 4 aromatic rings. The first-order chi connectivity index (χ1) is 33.5. The van der Waals surface area contributed by atoms with Gasteiger partial charge in [0.1, 0.15) is 5.60 Å². The molecule has 0 radical (unpaired) electrons. The van der Waals surface area contributed by atoms with E-state index in [4.69, 9.17) is 33.5 Å². The lowest BCUT2D eigenvalue weighted by Gasteiger charge is -2.63. The molecule has 10 aliphatic rings. The third-order valence-corrected chi connectivity index (χ3v) is 21.0. The minimum atomic E-state index is -4.76. The van der Waals surface area contributed by atoms with E-state index in [1.807, 2.05) is 36.4 Å². The van der Waals surface area contributed by atoms with E-state index < -0.39 is 48.2 Å². The number of nitrogens with zero attached hydrogens (tertiary/aromatic N) is 1. The van der Waals surface area contributed by atoms with Crippen molar-refractivity contribution in [2.24, 2.45) is 17.6 Å². The molecule has 12 nitrogen and oxygen atoms in total. The van der Waals surface area contributed by atoms with Gasteiger partial charge in [-0.15, -0.1) is 0 Å². The largest absolute Gasteiger partial charge is 0.531 e. The lowest BCUT2D eigenvalue weighted by molar-refractivity contribution is -0.188. The van der Waals surface area contributed by atoms with Crippen LogP contribution in [0.4, 0.5) is 0 Å². The van der Waals surface area contributed by atoms with Crippen molar-refractivity contribution in [2.75, 3.05) is 20.2 Å². The Morgan fingerprint density at radius 1 is 0.725 bits per heavy atom. The highest BCUT2D eigenvalue weighted by Crippen LogP contribution is 2.73. The monoisotopic (exact) mass is 952 g/mol. The quantitative estimate of drug-likeness (QED) is 0.139. The van der Waals surface area contributed by atoms with Crippen molar-refractivity contribution in [3.63, 3.8) is 0 Å². The Kier molecular flexibility index (Phi) is 9.40. The van der Waals surface area contributed by atoms with Gasteiger partial charge in [-0.05, 0) is 130 Å². The maximum Gasteiger partial charge on any atom is 0.531 e. The summed E-state index contributed by atoms with van der Waals surface area (Å²) in [5, 5.41) is 13.1. The smallest absolute Gasteiger partial charge is 0.493 e. The number of carbonyl (C=O) groups excluding carboxylic acids is 2. The molecule has 69 heavy (non-hydrogen) atoms. The van der Waals surface area contributed by atoms with E-state index in [9.17, 15) is 14.7 Å². The van der Waals surface area contributed by atoms with E-state index in [1.54, 1.807) is 7.11 Å². The van der Waals surface area contributed by atoms with Crippen LogP contribution in [-0.2, 0) is 52.3 Å². The Balaban J connectivity index is 0.890. The van der Waals surface area contributed by atoms with Gasteiger partial charge in [0, 0.05) is 53.9 Å². The summed E-state index contributed by atoms with van der Waals surface area (Å²) >= 11 is 0. The molecular weight excluding hydrogens is 892 g/mol. The number of rotatable bonds is 11. The van der Waals surface area contributed by atoms with Gasteiger partial charge in [0.15, 0.2) is 46.8 Å². The molecule has 360 valence electrons. The number of carbonyl (C=O) groups is 2. The molecule has 6 fully saturated rings. The Labute approximate surface area is 403 Å². The van der Waals surface area contributed by atoms with Crippen molar-refractivity contribution < 1.29 is 47.0 Å². The standard InChI is InChI=1S/C56H61N2O10P/c1-63-43-16-14-34-30-39-40(57)20-25-54-47(34)48(43)64-51(54)42(60)22-27-56(39,54)68-69(62,66-38-18-23-52(24-19-38,36-8-4-2-5-9-36)37-10-6-3-7-11-37)67-44-17-15-35-31-45-55(61)26-21-41(59)50-53(55,46(35)49(44)65-50)28-29-58(45)32-33-12-13-33/h2-11,14-17,33,38-40,45,50-51,61H,12-13,18-32,57H2,1H3. The zero-order chi connectivity index (χ0) is 46.7. The van der Waals surface area contributed by atoms with E-state index in [0.29, 0.717) is 74.5 Å². The van der Waals surface area contributed by atoms with Crippen molar-refractivity contribution >= 4 is 19.4 Å². The zero-order valence-electron chi connectivity index (χ0n) is 39.2. The Morgan fingerprint density at radius 3 is 2.03 bits per heavy atom. The molecule has 7 aliphatic carbocycles. The second-order valence-corrected chi connectivity index (χ2v) is 23.9. The van der Waals surface area contributed by atoms with Gasteiger partial charge in [0.25, 0.3) is 0 Å². The number of likely N-dealkylation sites (tertiary alicyclic amines) is 1. The van der Waals surface area contributed by atoms with Crippen molar-refractivity contribution in [1.82, 2.24) is 4.90 Å². The second kappa shape index (κ2) is 15.0. The Hall–Kier alpha value is -4.55. The van der Waals surface area contributed by atoms with Crippen LogP contribution < -0.4 is 24.5 Å². The molecule has 4 bridgehead atoms. The molecule has 0 aromatic heterocycles. The summed E-state index contributed by atoms with van der Waals surface area (Å²) in [6.45, 7) is 1.70. The number of Topliss-reactive ketones (excluding diaryl/α,β-unsaturated/α-hetero) is 2. The third-order valence-electron chi connectivity index (χ3n) is 19.5. The maximum absolute atomic E-state index is 16.8. The summed E-state index contributed by atoms with van der Waals surface area (Å²) in [5.41, 5.74) is 8.60. The van der Waals surface area contributed by atoms with Crippen LogP contribution in [0.5, 0.6) is 23.0 Å². The molecule has 3 aliphatic heterocycles. The average molecular weight is 953 g/mol. The van der Waals surface area contributed by atoms with Gasteiger partial charge in [-0.2, -0.15) is 0 Å². The van der Waals surface area contributed by atoms with Crippen LogP contribution in [0.25, 0.3) is 0 Å². The number of piperidine rings is 1. The van der Waals surface area contributed by atoms with Crippen LogP contribution in [0, 0.1) is 11.8 Å². The molecule has 5 saturated carbocycles. The Bertz CT molecular complexity index is 2810. The molecule has 10 atom stereocenters. The fourth-order valence-corrected chi connectivity index (χ4v) is 18.2. The lowest BCUT2D eigenvalue weighted by Crippen LogP contribution is -2.76. The van der Waals surface area contributed by atoms with E-state index in [1.165, 1.54) is 24.0 Å². The van der Waals surface area contributed by atoms with Crippen molar-refractivity contribution in [3.05, 3.63) is 118 Å². The first-order valence-corrected chi connectivity index (χ1v) is 27.2.